The molecule has 4 nitrogen and oxygen atoms in total. The maximum atomic E-state index is 12.2. The molecule has 1 saturated carbocycles. The Morgan fingerprint density at radius 1 is 1.12 bits per heavy atom. The Hall–Kier alpha value is -2.62. The first kappa shape index (κ1) is 27.4. The zero-order valence-electron chi connectivity index (χ0n) is 20.8. The molecule has 2 N–H and O–H groups in total. The van der Waals surface area contributed by atoms with Gasteiger partial charge in [-0.1, -0.05) is 69.7 Å². The van der Waals surface area contributed by atoms with E-state index in [-0.39, 0.29) is 17.9 Å². The highest BCUT2D eigenvalue weighted by Gasteiger charge is 2.21. The lowest BCUT2D eigenvalue weighted by Crippen LogP contribution is -2.40. The van der Waals surface area contributed by atoms with Gasteiger partial charge in [0.2, 0.25) is 0 Å². The van der Waals surface area contributed by atoms with Crippen molar-refractivity contribution in [2.45, 2.75) is 85.1 Å². The van der Waals surface area contributed by atoms with Crippen LogP contribution in [-0.4, -0.2) is 24.9 Å². The molecule has 0 aromatic heterocycles. The van der Waals surface area contributed by atoms with Crippen molar-refractivity contribution in [2.75, 3.05) is 7.05 Å². The van der Waals surface area contributed by atoms with E-state index in [2.05, 4.69) is 54.8 Å². The maximum absolute atomic E-state index is 12.2. The summed E-state index contributed by atoms with van der Waals surface area (Å²) in [4.78, 5) is 24.2. The minimum atomic E-state index is -0.173. The van der Waals surface area contributed by atoms with Crippen LogP contribution in [-0.2, 0) is 9.59 Å². The highest BCUT2D eigenvalue weighted by atomic mass is 16.2. The highest BCUT2D eigenvalue weighted by Crippen LogP contribution is 2.20. The summed E-state index contributed by atoms with van der Waals surface area (Å²) in [5.74, 6) is 0.446. The number of hydrogen-bond donors (Lipinski definition) is 2. The van der Waals surface area contributed by atoms with Gasteiger partial charge < -0.3 is 10.6 Å². The van der Waals surface area contributed by atoms with E-state index in [4.69, 9.17) is 0 Å². The summed E-state index contributed by atoms with van der Waals surface area (Å²) >= 11 is 0. The van der Waals surface area contributed by atoms with Crippen LogP contribution in [0.15, 0.2) is 65.3 Å². The van der Waals surface area contributed by atoms with Gasteiger partial charge in [-0.15, -0.1) is 0 Å². The summed E-state index contributed by atoms with van der Waals surface area (Å²) in [5.41, 5.74) is 3.42. The van der Waals surface area contributed by atoms with Gasteiger partial charge in [0, 0.05) is 24.2 Å². The second-order valence-electron chi connectivity index (χ2n) is 8.38. The molecule has 0 saturated heterocycles. The van der Waals surface area contributed by atoms with E-state index in [0.29, 0.717) is 11.1 Å². The van der Waals surface area contributed by atoms with Crippen molar-refractivity contribution >= 4 is 11.8 Å². The summed E-state index contributed by atoms with van der Waals surface area (Å²) < 4.78 is 0. The third kappa shape index (κ3) is 9.25. The topological polar surface area (TPSA) is 58.2 Å². The monoisotopic (exact) mass is 438 g/mol. The standard InChI is InChI=1S/C17H26N2O2.C11H16/c1-5-8-12(3)15(17(21)18-4)11-13(6-2)16(20)19-14-9-7-10-14;1-3-7-10(2)11-8-5-4-6-9-11/h6,8,11,14H,5,7,9-10H2,1-4H3,(H,18,21)(H,19,20);4-6,8-10H,3,7H2,1-2H3/b12-8-,13-6+,15-11+;. The lowest BCUT2D eigenvalue weighted by molar-refractivity contribution is -0.118. The third-order valence-electron chi connectivity index (χ3n) is 5.81. The quantitative estimate of drug-likeness (QED) is 0.355. The first-order valence-electron chi connectivity index (χ1n) is 12.0. The first-order valence-corrected chi connectivity index (χ1v) is 12.0. The summed E-state index contributed by atoms with van der Waals surface area (Å²) in [6, 6.07) is 11.0. The molecule has 32 heavy (non-hydrogen) atoms. The van der Waals surface area contributed by atoms with Crippen molar-refractivity contribution in [1.29, 1.82) is 0 Å². The molecule has 4 heteroatoms. The second kappa shape index (κ2) is 15.2. The minimum absolute atomic E-state index is 0.104. The van der Waals surface area contributed by atoms with Crippen LogP contribution in [0.4, 0.5) is 0 Å². The van der Waals surface area contributed by atoms with Gasteiger partial charge in [-0.05, 0) is 69.1 Å². The molecule has 1 fully saturated rings. The van der Waals surface area contributed by atoms with Crippen molar-refractivity contribution in [3.05, 3.63) is 70.8 Å². The molecule has 0 heterocycles. The number of nitrogens with one attached hydrogen (secondary N) is 2. The van der Waals surface area contributed by atoms with E-state index in [1.54, 1.807) is 19.2 Å². The lowest BCUT2D eigenvalue weighted by Gasteiger charge is -2.26. The fourth-order valence-corrected chi connectivity index (χ4v) is 3.55. The molecule has 1 aliphatic carbocycles. The van der Waals surface area contributed by atoms with Gasteiger partial charge in [-0.3, -0.25) is 9.59 Å². The molecule has 1 aliphatic rings. The fraction of sp³-hybridized carbons (Fsp3) is 0.500. The van der Waals surface area contributed by atoms with Crippen LogP contribution in [0.2, 0.25) is 0 Å². The number of allylic oxidation sites excluding steroid dienone is 2. The molecule has 2 rings (SSSR count). The smallest absolute Gasteiger partial charge is 0.251 e. The Kier molecular flexibility index (Phi) is 13.0. The molecule has 1 aromatic carbocycles. The Labute approximate surface area is 195 Å². The number of carbonyl (C=O) groups excluding carboxylic acids is 2. The number of hydrogen-bond acceptors (Lipinski definition) is 2. The largest absolute Gasteiger partial charge is 0.355 e. The molecule has 0 aliphatic heterocycles. The average Bonchev–Trinajstić information content (AvgIpc) is 2.77. The van der Waals surface area contributed by atoms with Crippen molar-refractivity contribution in [1.82, 2.24) is 10.6 Å². The molecule has 176 valence electrons. The number of amides is 2. The Morgan fingerprint density at radius 3 is 2.25 bits per heavy atom. The number of likely N-dealkylation sites (N-methyl/N-ethyl adjacent to an activating group) is 1. The highest BCUT2D eigenvalue weighted by molar-refractivity contribution is 6.02. The zero-order chi connectivity index (χ0) is 23.9. The first-order chi connectivity index (χ1) is 15.4. The minimum Gasteiger partial charge on any atom is -0.355 e. The summed E-state index contributed by atoms with van der Waals surface area (Å²) in [5, 5.41) is 5.63. The van der Waals surface area contributed by atoms with E-state index in [1.807, 2.05) is 26.8 Å². The SMILES string of the molecule is CCCC(C)c1ccccc1.C\C=C(/C=C(C(=O)NC)\C(C)=C/CC)C(=O)NC1CCC1. The van der Waals surface area contributed by atoms with Crippen LogP contribution in [0, 0.1) is 0 Å². The summed E-state index contributed by atoms with van der Waals surface area (Å²) in [6.45, 7) is 10.2. The predicted molar refractivity (Wildman–Crippen MR) is 136 cm³/mol. The third-order valence-corrected chi connectivity index (χ3v) is 5.81. The van der Waals surface area contributed by atoms with E-state index >= 15 is 0 Å². The van der Waals surface area contributed by atoms with Crippen molar-refractivity contribution in [2.24, 2.45) is 0 Å². The van der Waals surface area contributed by atoms with Gasteiger partial charge in [0.15, 0.2) is 0 Å². The van der Waals surface area contributed by atoms with Crippen molar-refractivity contribution in [3.8, 4) is 0 Å². The van der Waals surface area contributed by atoms with Gasteiger partial charge >= 0.3 is 0 Å². The Balaban J connectivity index is 0.000000389. The average molecular weight is 439 g/mol. The van der Waals surface area contributed by atoms with E-state index in [0.717, 1.165) is 30.8 Å². The van der Waals surface area contributed by atoms with Gasteiger partial charge in [0.05, 0.1) is 0 Å². The van der Waals surface area contributed by atoms with Crippen LogP contribution in [0.25, 0.3) is 0 Å². The molecule has 2 amide bonds. The summed E-state index contributed by atoms with van der Waals surface area (Å²) in [7, 11) is 1.60. The van der Waals surface area contributed by atoms with Crippen LogP contribution in [0.5, 0.6) is 0 Å². The molecular weight excluding hydrogens is 396 g/mol. The van der Waals surface area contributed by atoms with Gasteiger partial charge in [0.25, 0.3) is 11.8 Å². The van der Waals surface area contributed by atoms with Gasteiger partial charge in [-0.2, -0.15) is 0 Å². The van der Waals surface area contributed by atoms with Gasteiger partial charge in [-0.25, -0.2) is 0 Å². The number of benzene rings is 1. The van der Waals surface area contributed by atoms with E-state index in [9.17, 15) is 9.59 Å². The Bertz CT molecular complexity index is 802. The van der Waals surface area contributed by atoms with E-state index in [1.165, 1.54) is 24.8 Å². The lowest BCUT2D eigenvalue weighted by atomic mass is 9.92. The predicted octanol–water partition coefficient (Wildman–Crippen LogP) is 6.22. The molecule has 0 spiro atoms. The number of carbonyl (C=O) groups is 2. The Morgan fingerprint density at radius 2 is 1.78 bits per heavy atom. The molecule has 0 bridgehead atoms. The molecule has 1 unspecified atom stereocenters. The number of rotatable bonds is 9. The second-order valence-corrected chi connectivity index (χ2v) is 8.38. The fourth-order valence-electron chi connectivity index (χ4n) is 3.55. The van der Waals surface area contributed by atoms with Crippen molar-refractivity contribution < 1.29 is 9.59 Å². The molecule has 1 aromatic rings. The van der Waals surface area contributed by atoms with Gasteiger partial charge in [0.1, 0.15) is 0 Å². The molecular formula is C28H42N2O2. The van der Waals surface area contributed by atoms with Crippen LogP contribution < -0.4 is 10.6 Å². The van der Waals surface area contributed by atoms with Crippen molar-refractivity contribution in [3.63, 3.8) is 0 Å². The van der Waals surface area contributed by atoms with Crippen LogP contribution in [0.1, 0.15) is 84.6 Å². The normalized spacial score (nSPS) is 15.8. The van der Waals surface area contributed by atoms with Crippen LogP contribution >= 0.6 is 0 Å². The van der Waals surface area contributed by atoms with Crippen LogP contribution in [0.3, 0.4) is 0 Å². The molecule has 0 radical (unpaired) electrons. The summed E-state index contributed by atoms with van der Waals surface area (Å²) in [6.07, 6.45) is 12.1. The van der Waals surface area contributed by atoms with E-state index < -0.39 is 0 Å². The maximum Gasteiger partial charge on any atom is 0.251 e. The zero-order valence-corrected chi connectivity index (χ0v) is 20.8. The molecule has 1 atom stereocenters.